The lowest BCUT2D eigenvalue weighted by Crippen LogP contribution is -2.40. The maximum Gasteiger partial charge on any atom is 0.191 e. The second kappa shape index (κ2) is 13.9. The molecule has 2 aromatic carbocycles. The Morgan fingerprint density at radius 1 is 0.923 bits per heavy atom. The van der Waals surface area contributed by atoms with E-state index in [1.54, 1.807) is 0 Å². The van der Waals surface area contributed by atoms with Crippen LogP contribution in [0, 0.1) is 0 Å². The molecule has 2 aromatic rings. The Bertz CT molecular complexity index is 580. The molecule has 3 nitrogen and oxygen atoms in total. The Balaban J connectivity index is 0.00000338. The van der Waals surface area contributed by atoms with E-state index in [4.69, 9.17) is 0 Å². The van der Waals surface area contributed by atoms with Gasteiger partial charge in [0.05, 0.1) is 0 Å². The van der Waals surface area contributed by atoms with Crippen molar-refractivity contribution in [2.75, 3.05) is 32.1 Å². The van der Waals surface area contributed by atoms with Gasteiger partial charge in [0.25, 0.3) is 0 Å². The Labute approximate surface area is 179 Å². The van der Waals surface area contributed by atoms with Gasteiger partial charge < -0.3 is 10.6 Å². The zero-order valence-electron chi connectivity index (χ0n) is 15.7. The Morgan fingerprint density at radius 3 is 2.00 bits per heavy atom. The van der Waals surface area contributed by atoms with Crippen LogP contribution in [0.4, 0.5) is 0 Å². The molecule has 0 saturated heterocycles. The lowest BCUT2D eigenvalue weighted by Gasteiger charge is -2.20. The number of benzene rings is 2. The quantitative estimate of drug-likeness (QED) is 0.234. The molecule has 0 bridgehead atoms. The topological polar surface area (TPSA) is 36.4 Å². The third-order valence-corrected chi connectivity index (χ3v) is 4.87. The van der Waals surface area contributed by atoms with Crippen molar-refractivity contribution in [1.82, 2.24) is 10.6 Å². The van der Waals surface area contributed by atoms with Crippen molar-refractivity contribution in [2.24, 2.45) is 4.99 Å². The predicted octanol–water partition coefficient (Wildman–Crippen LogP) is 4.74. The number of rotatable bonds is 9. The van der Waals surface area contributed by atoms with Gasteiger partial charge >= 0.3 is 0 Å². The second-order valence-electron chi connectivity index (χ2n) is 5.95. The van der Waals surface area contributed by atoms with Crippen molar-refractivity contribution in [3.8, 4) is 0 Å². The van der Waals surface area contributed by atoms with Gasteiger partial charge in [0.1, 0.15) is 0 Å². The minimum absolute atomic E-state index is 0. The van der Waals surface area contributed by atoms with Crippen LogP contribution in [0.1, 0.15) is 29.9 Å². The van der Waals surface area contributed by atoms with Crippen LogP contribution >= 0.6 is 35.7 Å². The van der Waals surface area contributed by atoms with Crippen molar-refractivity contribution in [2.45, 2.75) is 18.8 Å². The average molecular weight is 483 g/mol. The molecule has 0 amide bonds. The fraction of sp³-hybridized carbons (Fsp3) is 0.381. The molecule has 0 radical (unpaired) electrons. The van der Waals surface area contributed by atoms with E-state index in [1.165, 1.54) is 29.7 Å². The van der Waals surface area contributed by atoms with Crippen molar-refractivity contribution >= 4 is 41.7 Å². The summed E-state index contributed by atoms with van der Waals surface area (Å²) in [6.07, 6.45) is 4.56. The summed E-state index contributed by atoms with van der Waals surface area (Å²) in [5, 5.41) is 6.91. The third kappa shape index (κ3) is 7.99. The van der Waals surface area contributed by atoms with E-state index in [0.717, 1.165) is 19.0 Å². The first-order chi connectivity index (χ1) is 12.3. The lowest BCUT2D eigenvalue weighted by molar-refractivity contribution is 0.705. The van der Waals surface area contributed by atoms with Crippen LogP contribution in [0.3, 0.4) is 0 Å². The molecule has 142 valence electrons. The van der Waals surface area contributed by atoms with Crippen LogP contribution in [0.5, 0.6) is 0 Å². The lowest BCUT2D eigenvalue weighted by atomic mass is 9.91. The molecule has 0 fully saturated rings. The highest BCUT2D eigenvalue weighted by molar-refractivity contribution is 14.0. The zero-order valence-corrected chi connectivity index (χ0v) is 18.8. The molecule has 0 heterocycles. The first-order valence-corrected chi connectivity index (χ1v) is 10.3. The molecule has 0 aliphatic heterocycles. The smallest absolute Gasteiger partial charge is 0.191 e. The van der Waals surface area contributed by atoms with Gasteiger partial charge in [-0.05, 0) is 36.0 Å². The minimum Gasteiger partial charge on any atom is -0.356 e. The van der Waals surface area contributed by atoms with Crippen LogP contribution in [0.15, 0.2) is 65.7 Å². The molecular weight excluding hydrogens is 453 g/mol. The molecule has 0 aliphatic carbocycles. The number of unbranched alkanes of at least 4 members (excludes halogenated alkanes) is 1. The molecular formula is C21H30IN3S. The van der Waals surface area contributed by atoms with Gasteiger partial charge in [0.15, 0.2) is 5.96 Å². The van der Waals surface area contributed by atoms with Gasteiger partial charge in [-0.2, -0.15) is 11.8 Å². The van der Waals surface area contributed by atoms with Gasteiger partial charge in [0.2, 0.25) is 0 Å². The Morgan fingerprint density at radius 2 is 1.50 bits per heavy atom. The molecule has 0 saturated carbocycles. The normalized spacial score (nSPS) is 11.1. The number of hydrogen-bond donors (Lipinski definition) is 2. The van der Waals surface area contributed by atoms with E-state index in [9.17, 15) is 0 Å². The monoisotopic (exact) mass is 483 g/mol. The van der Waals surface area contributed by atoms with E-state index in [0.29, 0.717) is 5.92 Å². The van der Waals surface area contributed by atoms with Gasteiger partial charge in [-0.3, -0.25) is 4.99 Å². The van der Waals surface area contributed by atoms with Crippen LogP contribution < -0.4 is 10.6 Å². The highest BCUT2D eigenvalue weighted by atomic mass is 127. The predicted molar refractivity (Wildman–Crippen MR) is 127 cm³/mol. The summed E-state index contributed by atoms with van der Waals surface area (Å²) in [5.41, 5.74) is 2.63. The summed E-state index contributed by atoms with van der Waals surface area (Å²) < 4.78 is 0. The molecule has 0 aromatic heterocycles. The molecule has 5 heteroatoms. The first kappa shape index (κ1) is 22.8. The van der Waals surface area contributed by atoms with Gasteiger partial charge in [-0.1, -0.05) is 60.7 Å². The summed E-state index contributed by atoms with van der Waals surface area (Å²) in [4.78, 5) is 4.35. The first-order valence-electron chi connectivity index (χ1n) is 8.88. The van der Waals surface area contributed by atoms with Crippen molar-refractivity contribution in [3.63, 3.8) is 0 Å². The van der Waals surface area contributed by atoms with Crippen molar-refractivity contribution in [3.05, 3.63) is 71.8 Å². The number of nitrogens with one attached hydrogen (secondary N) is 2. The molecule has 0 unspecified atom stereocenters. The molecule has 26 heavy (non-hydrogen) atoms. The van der Waals surface area contributed by atoms with Gasteiger partial charge in [-0.25, -0.2) is 0 Å². The Kier molecular flexibility index (Phi) is 12.2. The third-order valence-electron chi connectivity index (χ3n) is 4.17. The average Bonchev–Trinajstić information content (AvgIpc) is 2.68. The number of aliphatic imine (C=N–C) groups is 1. The van der Waals surface area contributed by atoms with Gasteiger partial charge in [-0.15, -0.1) is 24.0 Å². The van der Waals surface area contributed by atoms with Crippen molar-refractivity contribution in [1.29, 1.82) is 0 Å². The summed E-state index contributed by atoms with van der Waals surface area (Å²) in [5.74, 6) is 2.40. The zero-order chi connectivity index (χ0) is 17.7. The maximum atomic E-state index is 4.35. The number of thioether (sulfide) groups is 1. The fourth-order valence-corrected chi connectivity index (χ4v) is 3.29. The van der Waals surface area contributed by atoms with Crippen LogP contribution in [-0.4, -0.2) is 38.1 Å². The molecule has 0 spiro atoms. The largest absolute Gasteiger partial charge is 0.356 e. The summed E-state index contributed by atoms with van der Waals surface area (Å²) in [7, 11) is 1.83. The number of hydrogen-bond acceptors (Lipinski definition) is 2. The number of halogens is 1. The molecule has 0 atom stereocenters. The van der Waals surface area contributed by atoms with E-state index < -0.39 is 0 Å². The molecule has 2 rings (SSSR count). The van der Waals surface area contributed by atoms with Crippen LogP contribution in [0.25, 0.3) is 0 Å². The standard InChI is InChI=1S/C21H29N3S.HI/c1-22-21(23-15-9-10-16-25-2)24-17-20(18-11-5-3-6-12-18)19-13-7-4-8-14-19;/h3-8,11-14,20H,9-10,15-17H2,1-2H3,(H2,22,23,24);1H. The number of guanidine groups is 1. The Hall–Kier alpha value is -1.21. The van der Waals surface area contributed by atoms with Crippen molar-refractivity contribution < 1.29 is 0 Å². The summed E-state index contributed by atoms with van der Waals surface area (Å²) in [6.45, 7) is 1.78. The summed E-state index contributed by atoms with van der Waals surface area (Å²) >= 11 is 1.90. The van der Waals surface area contributed by atoms with E-state index in [2.05, 4.69) is 82.5 Å². The fourth-order valence-electron chi connectivity index (χ4n) is 2.80. The molecule has 2 N–H and O–H groups in total. The second-order valence-corrected chi connectivity index (χ2v) is 6.94. The van der Waals surface area contributed by atoms with Crippen LogP contribution in [0.2, 0.25) is 0 Å². The highest BCUT2D eigenvalue weighted by Gasteiger charge is 2.14. The van der Waals surface area contributed by atoms with Gasteiger partial charge in [0, 0.05) is 26.1 Å². The minimum atomic E-state index is 0. The number of nitrogens with zero attached hydrogens (tertiary/aromatic N) is 1. The SMILES string of the molecule is CN=C(NCCCCSC)NCC(c1ccccc1)c1ccccc1.I. The summed E-state index contributed by atoms with van der Waals surface area (Å²) in [6, 6.07) is 21.3. The van der Waals surface area contributed by atoms with E-state index in [1.807, 2.05) is 18.8 Å². The highest BCUT2D eigenvalue weighted by Crippen LogP contribution is 2.23. The van der Waals surface area contributed by atoms with Crippen LogP contribution in [-0.2, 0) is 0 Å². The maximum absolute atomic E-state index is 4.35. The molecule has 0 aliphatic rings. The van der Waals surface area contributed by atoms with E-state index >= 15 is 0 Å². The van der Waals surface area contributed by atoms with E-state index in [-0.39, 0.29) is 24.0 Å².